The monoisotopic (exact) mass is 306 g/mol. The number of hydrogen-bond acceptors (Lipinski definition) is 4. The van der Waals surface area contributed by atoms with E-state index in [1.54, 1.807) is 0 Å². The van der Waals surface area contributed by atoms with Gasteiger partial charge in [0.05, 0.1) is 12.1 Å². The van der Waals surface area contributed by atoms with Gasteiger partial charge < -0.3 is 20.5 Å². The zero-order chi connectivity index (χ0) is 15.9. The van der Waals surface area contributed by atoms with Crippen molar-refractivity contribution in [2.45, 2.75) is 45.4 Å². The van der Waals surface area contributed by atoms with Crippen molar-refractivity contribution in [3.8, 4) is 5.75 Å². The number of nitrogens with one attached hydrogen (secondary N) is 1. The first-order chi connectivity index (χ1) is 10.6. The number of rotatable bonds is 6. The predicted octanol–water partition coefficient (Wildman–Crippen LogP) is 1.84. The molecule has 5 nitrogen and oxygen atoms in total. The van der Waals surface area contributed by atoms with Gasteiger partial charge in [-0.05, 0) is 38.7 Å². The van der Waals surface area contributed by atoms with Crippen LogP contribution in [0.2, 0.25) is 0 Å². The highest BCUT2D eigenvalue weighted by Crippen LogP contribution is 2.20. The summed E-state index contributed by atoms with van der Waals surface area (Å²) in [4.78, 5) is 12.2. The Morgan fingerprint density at radius 3 is 2.73 bits per heavy atom. The van der Waals surface area contributed by atoms with E-state index >= 15 is 0 Å². The van der Waals surface area contributed by atoms with Crippen molar-refractivity contribution in [3.63, 3.8) is 0 Å². The Kier molecular flexibility index (Phi) is 6.21. The Bertz CT molecular complexity index is 485. The van der Waals surface area contributed by atoms with Gasteiger partial charge in [-0.25, -0.2) is 0 Å². The summed E-state index contributed by atoms with van der Waals surface area (Å²) in [6, 6.07) is 7.27. The molecule has 1 aromatic carbocycles. The molecule has 1 aliphatic rings. The summed E-state index contributed by atoms with van der Waals surface area (Å²) in [5.74, 6) is 0.902. The summed E-state index contributed by atoms with van der Waals surface area (Å²) >= 11 is 0. The minimum absolute atomic E-state index is 0.0985. The molecule has 1 saturated heterocycles. The second-order valence-electron chi connectivity index (χ2n) is 5.97. The number of benzene rings is 1. The fourth-order valence-electron chi connectivity index (χ4n) is 2.61. The number of para-hydroxylation sites is 1. The van der Waals surface area contributed by atoms with Crippen molar-refractivity contribution in [1.29, 1.82) is 0 Å². The van der Waals surface area contributed by atoms with Gasteiger partial charge in [-0.2, -0.15) is 0 Å². The van der Waals surface area contributed by atoms with Crippen LogP contribution < -0.4 is 15.8 Å². The lowest BCUT2D eigenvalue weighted by Gasteiger charge is -2.26. The van der Waals surface area contributed by atoms with E-state index in [0.29, 0.717) is 19.8 Å². The highest BCUT2D eigenvalue weighted by Gasteiger charge is 2.26. The molecular weight excluding hydrogens is 280 g/mol. The Hall–Kier alpha value is -1.59. The molecule has 1 aliphatic heterocycles. The molecule has 0 radical (unpaired) electrons. The molecule has 1 unspecified atom stereocenters. The topological polar surface area (TPSA) is 73.6 Å². The van der Waals surface area contributed by atoms with E-state index in [1.165, 1.54) is 0 Å². The van der Waals surface area contributed by atoms with Gasteiger partial charge >= 0.3 is 0 Å². The lowest BCUT2D eigenvalue weighted by atomic mass is 9.92. The minimum atomic E-state index is -0.470. The van der Waals surface area contributed by atoms with Crippen LogP contribution in [0.25, 0.3) is 0 Å². The summed E-state index contributed by atoms with van der Waals surface area (Å²) in [5.41, 5.74) is 7.04. The van der Waals surface area contributed by atoms with E-state index in [4.69, 9.17) is 15.2 Å². The first-order valence-corrected chi connectivity index (χ1v) is 7.93. The zero-order valence-corrected chi connectivity index (χ0v) is 13.4. The molecule has 1 aromatic rings. The number of carbonyl (C=O) groups is 1. The Labute approximate surface area is 132 Å². The standard InChI is InChI=1S/C17H26N2O3/c1-12(2)22-15-6-4-3-5-14(15)11-19-17(20)16(18)13-7-9-21-10-8-13/h3-6,12-13,16H,7-11,18H2,1-2H3,(H,19,20). The van der Waals surface area contributed by atoms with Gasteiger partial charge in [0.15, 0.2) is 0 Å². The average molecular weight is 306 g/mol. The van der Waals surface area contributed by atoms with Gasteiger partial charge in [0.1, 0.15) is 5.75 Å². The normalized spacial score (nSPS) is 17.3. The average Bonchev–Trinajstić information content (AvgIpc) is 2.53. The highest BCUT2D eigenvalue weighted by molar-refractivity contribution is 5.81. The van der Waals surface area contributed by atoms with E-state index < -0.39 is 6.04 Å². The van der Waals surface area contributed by atoms with Crippen LogP contribution >= 0.6 is 0 Å². The van der Waals surface area contributed by atoms with Crippen LogP contribution in [0.15, 0.2) is 24.3 Å². The molecule has 0 saturated carbocycles. The number of hydrogen-bond donors (Lipinski definition) is 2. The van der Waals surface area contributed by atoms with Crippen molar-refractivity contribution in [3.05, 3.63) is 29.8 Å². The van der Waals surface area contributed by atoms with Crippen LogP contribution in [0.4, 0.5) is 0 Å². The van der Waals surface area contributed by atoms with Crippen molar-refractivity contribution < 1.29 is 14.3 Å². The molecule has 0 aliphatic carbocycles. The van der Waals surface area contributed by atoms with Gasteiger partial charge in [-0.15, -0.1) is 0 Å². The van der Waals surface area contributed by atoms with Crippen LogP contribution in [-0.4, -0.2) is 31.3 Å². The zero-order valence-electron chi connectivity index (χ0n) is 13.4. The van der Waals surface area contributed by atoms with E-state index in [2.05, 4.69) is 5.32 Å². The van der Waals surface area contributed by atoms with Gasteiger partial charge in [0.2, 0.25) is 5.91 Å². The highest BCUT2D eigenvalue weighted by atomic mass is 16.5. The molecule has 3 N–H and O–H groups in total. The number of amides is 1. The van der Waals surface area contributed by atoms with Crippen molar-refractivity contribution in [1.82, 2.24) is 5.32 Å². The second-order valence-corrected chi connectivity index (χ2v) is 5.97. The molecular formula is C17H26N2O3. The van der Waals surface area contributed by atoms with E-state index in [9.17, 15) is 4.79 Å². The van der Waals surface area contributed by atoms with Gasteiger partial charge in [0, 0.05) is 25.3 Å². The van der Waals surface area contributed by atoms with Crippen LogP contribution in [0.3, 0.4) is 0 Å². The van der Waals surface area contributed by atoms with Crippen LogP contribution in [0, 0.1) is 5.92 Å². The molecule has 5 heteroatoms. The molecule has 0 bridgehead atoms. The largest absolute Gasteiger partial charge is 0.491 e. The van der Waals surface area contributed by atoms with E-state index in [-0.39, 0.29) is 17.9 Å². The van der Waals surface area contributed by atoms with Gasteiger partial charge in [0.25, 0.3) is 0 Å². The van der Waals surface area contributed by atoms with Crippen molar-refractivity contribution in [2.24, 2.45) is 11.7 Å². The predicted molar refractivity (Wildman–Crippen MR) is 85.6 cm³/mol. The van der Waals surface area contributed by atoms with Gasteiger partial charge in [-0.3, -0.25) is 4.79 Å². The smallest absolute Gasteiger partial charge is 0.237 e. The van der Waals surface area contributed by atoms with Crippen LogP contribution in [0.1, 0.15) is 32.3 Å². The number of carbonyl (C=O) groups excluding carboxylic acids is 1. The van der Waals surface area contributed by atoms with E-state index in [0.717, 1.165) is 24.2 Å². The fraction of sp³-hybridized carbons (Fsp3) is 0.588. The molecule has 1 fully saturated rings. The van der Waals surface area contributed by atoms with Crippen molar-refractivity contribution in [2.75, 3.05) is 13.2 Å². The maximum absolute atomic E-state index is 12.2. The van der Waals surface area contributed by atoms with Crippen molar-refractivity contribution >= 4 is 5.91 Å². The van der Waals surface area contributed by atoms with Crippen LogP contribution in [0.5, 0.6) is 5.75 Å². The van der Waals surface area contributed by atoms with Gasteiger partial charge in [-0.1, -0.05) is 18.2 Å². The maximum Gasteiger partial charge on any atom is 0.237 e. The molecule has 22 heavy (non-hydrogen) atoms. The minimum Gasteiger partial charge on any atom is -0.491 e. The maximum atomic E-state index is 12.2. The third kappa shape index (κ3) is 4.71. The summed E-state index contributed by atoms with van der Waals surface area (Å²) < 4.78 is 11.1. The number of ether oxygens (including phenoxy) is 2. The summed E-state index contributed by atoms with van der Waals surface area (Å²) in [6.07, 6.45) is 1.80. The molecule has 0 aromatic heterocycles. The first-order valence-electron chi connectivity index (χ1n) is 7.93. The molecule has 1 amide bonds. The lowest BCUT2D eigenvalue weighted by molar-refractivity contribution is -0.124. The molecule has 1 atom stereocenters. The second kappa shape index (κ2) is 8.15. The third-order valence-electron chi connectivity index (χ3n) is 3.86. The fourth-order valence-corrected chi connectivity index (χ4v) is 2.61. The molecule has 2 rings (SSSR count). The quantitative estimate of drug-likeness (QED) is 0.841. The summed E-state index contributed by atoms with van der Waals surface area (Å²) in [7, 11) is 0. The lowest BCUT2D eigenvalue weighted by Crippen LogP contribution is -2.46. The molecule has 0 spiro atoms. The van der Waals surface area contributed by atoms with Crippen LogP contribution in [-0.2, 0) is 16.1 Å². The summed E-state index contributed by atoms with van der Waals surface area (Å²) in [6.45, 7) is 5.78. The summed E-state index contributed by atoms with van der Waals surface area (Å²) in [5, 5.41) is 2.92. The molecule has 1 heterocycles. The van der Waals surface area contributed by atoms with E-state index in [1.807, 2.05) is 38.1 Å². The Balaban J connectivity index is 1.90. The SMILES string of the molecule is CC(C)Oc1ccccc1CNC(=O)C(N)C1CCOCC1. The third-order valence-corrected chi connectivity index (χ3v) is 3.86. The Morgan fingerprint density at radius 1 is 1.36 bits per heavy atom. The number of nitrogens with two attached hydrogens (primary N) is 1. The first kappa shape index (κ1) is 16.8. The Morgan fingerprint density at radius 2 is 2.05 bits per heavy atom. The molecule has 122 valence electrons.